The number of carbonyl (C=O) groups is 2. The molecule has 1 aliphatic rings. The van der Waals surface area contributed by atoms with Crippen LogP contribution >= 0.6 is 0 Å². The summed E-state index contributed by atoms with van der Waals surface area (Å²) in [6, 6.07) is 16.4. The van der Waals surface area contributed by atoms with Crippen molar-refractivity contribution in [3.63, 3.8) is 0 Å². The molecule has 0 bridgehead atoms. The Labute approximate surface area is 181 Å². The van der Waals surface area contributed by atoms with Gasteiger partial charge in [0.1, 0.15) is 0 Å². The van der Waals surface area contributed by atoms with E-state index >= 15 is 0 Å². The zero-order valence-electron chi connectivity index (χ0n) is 16.9. The summed E-state index contributed by atoms with van der Waals surface area (Å²) in [4.78, 5) is 38.8. The first kappa shape index (κ1) is 20.6. The molecule has 30 heavy (non-hydrogen) atoms. The number of ketones is 2. The zero-order valence-corrected chi connectivity index (χ0v) is 18.6. The number of hydrogen-bond donors (Lipinski definition) is 1. The quantitative estimate of drug-likeness (QED) is 0.426. The number of Topliss-reactive ketones (excluding diaryl/α,β-unsaturated/α-hetero) is 1. The Morgan fingerprint density at radius 1 is 0.967 bits per heavy atom. The molecule has 2 aromatic carbocycles. The maximum absolute atomic E-state index is 13.4. The Kier molecular flexibility index (Phi) is 6.16. The van der Waals surface area contributed by atoms with E-state index in [-0.39, 0.29) is 37.9 Å². The van der Waals surface area contributed by atoms with Crippen molar-refractivity contribution in [1.29, 1.82) is 0 Å². The molecule has 3 aromatic rings. The molecular formula is C24H24N2O3Se. The fourth-order valence-corrected chi connectivity index (χ4v) is 6.40. The van der Waals surface area contributed by atoms with Crippen LogP contribution < -0.4 is 10.9 Å². The average molecular weight is 467 g/mol. The molecule has 0 radical (unpaired) electrons. The number of anilines is 2. The Morgan fingerprint density at radius 2 is 1.63 bits per heavy atom. The van der Waals surface area contributed by atoms with Crippen LogP contribution in [0.15, 0.2) is 59.4 Å². The Bertz CT molecular complexity index is 1120. The number of benzene rings is 2. The van der Waals surface area contributed by atoms with Crippen LogP contribution in [-0.2, 0) is 0 Å². The van der Waals surface area contributed by atoms with Crippen molar-refractivity contribution in [3.8, 4) is 0 Å². The van der Waals surface area contributed by atoms with Crippen LogP contribution in [0, 0.1) is 0 Å². The standard InChI is InChI=1S/C24H24N2O3Se/c1-16(27)19-14-8-9-15-20(19)25-21-23(22(28)17-10-4-2-5-11-17)30-26(24(21)29)18-12-6-3-7-13-18/h2,4-5,8-11,14-15,18,25H,3,6-7,12-13H2,1H3. The van der Waals surface area contributed by atoms with Crippen molar-refractivity contribution in [1.82, 2.24) is 3.56 Å². The van der Waals surface area contributed by atoms with Gasteiger partial charge in [0.05, 0.1) is 0 Å². The second-order valence-corrected chi connectivity index (χ2v) is 9.71. The number of carbonyl (C=O) groups excluding carboxylic acids is 2. The molecule has 0 saturated heterocycles. The number of nitrogens with zero attached hydrogens (tertiary/aromatic N) is 1. The SMILES string of the molecule is CC(=O)c1ccccc1Nc1c(C(=O)c2ccccc2)[se]n(C2CCCCC2)c1=O. The maximum atomic E-state index is 13.4. The van der Waals surface area contributed by atoms with Crippen LogP contribution in [0.5, 0.6) is 0 Å². The van der Waals surface area contributed by atoms with Gasteiger partial charge in [-0.05, 0) is 0 Å². The summed E-state index contributed by atoms with van der Waals surface area (Å²) in [7, 11) is 0. The summed E-state index contributed by atoms with van der Waals surface area (Å²) < 4.78 is 2.43. The Morgan fingerprint density at radius 3 is 2.33 bits per heavy atom. The van der Waals surface area contributed by atoms with Gasteiger partial charge in [-0.25, -0.2) is 0 Å². The van der Waals surface area contributed by atoms with Crippen molar-refractivity contribution in [2.75, 3.05) is 5.32 Å². The summed E-state index contributed by atoms with van der Waals surface area (Å²) in [6.07, 6.45) is 5.39. The van der Waals surface area contributed by atoms with Crippen LogP contribution in [0.1, 0.15) is 70.2 Å². The molecule has 1 fully saturated rings. The van der Waals surface area contributed by atoms with Gasteiger partial charge in [0.15, 0.2) is 0 Å². The van der Waals surface area contributed by atoms with E-state index < -0.39 is 0 Å². The van der Waals surface area contributed by atoms with Gasteiger partial charge < -0.3 is 0 Å². The van der Waals surface area contributed by atoms with Crippen molar-refractivity contribution in [3.05, 3.63) is 80.5 Å². The van der Waals surface area contributed by atoms with Gasteiger partial charge in [-0.15, -0.1) is 0 Å². The molecule has 0 unspecified atom stereocenters. The van der Waals surface area contributed by atoms with Gasteiger partial charge in [0.2, 0.25) is 0 Å². The molecule has 1 N–H and O–H groups in total. The molecule has 154 valence electrons. The fourth-order valence-electron chi connectivity index (χ4n) is 3.97. The molecule has 1 aliphatic carbocycles. The molecular weight excluding hydrogens is 443 g/mol. The first-order chi connectivity index (χ1) is 14.6. The van der Waals surface area contributed by atoms with E-state index in [1.165, 1.54) is 13.3 Å². The van der Waals surface area contributed by atoms with E-state index in [2.05, 4.69) is 5.32 Å². The molecule has 0 spiro atoms. The summed E-state index contributed by atoms with van der Waals surface area (Å²) >= 11 is -0.389. The Hall–Kier alpha value is -2.69. The van der Waals surface area contributed by atoms with Crippen molar-refractivity contribution < 1.29 is 9.59 Å². The zero-order chi connectivity index (χ0) is 21.1. The van der Waals surface area contributed by atoms with Crippen LogP contribution in [0.3, 0.4) is 0 Å². The third-order valence-corrected chi connectivity index (χ3v) is 8.13. The van der Waals surface area contributed by atoms with E-state index in [4.69, 9.17) is 0 Å². The molecule has 4 rings (SSSR count). The van der Waals surface area contributed by atoms with E-state index in [1.54, 1.807) is 30.3 Å². The van der Waals surface area contributed by atoms with Crippen LogP contribution in [0.2, 0.25) is 0 Å². The second-order valence-electron chi connectivity index (χ2n) is 7.64. The van der Waals surface area contributed by atoms with Gasteiger partial charge in [-0.1, -0.05) is 0 Å². The molecule has 1 aromatic heterocycles. The number of para-hydroxylation sites is 1. The predicted molar refractivity (Wildman–Crippen MR) is 119 cm³/mol. The average Bonchev–Trinajstić information content (AvgIpc) is 3.11. The summed E-state index contributed by atoms with van der Waals surface area (Å²) in [5.74, 6) is -0.209. The van der Waals surface area contributed by atoms with Gasteiger partial charge in [0, 0.05) is 0 Å². The summed E-state index contributed by atoms with van der Waals surface area (Å²) in [5.41, 5.74) is 1.84. The number of aromatic nitrogens is 1. The van der Waals surface area contributed by atoms with Gasteiger partial charge >= 0.3 is 182 Å². The first-order valence-corrected chi connectivity index (χ1v) is 11.9. The normalized spacial score (nSPS) is 14.4. The minimum absolute atomic E-state index is 0.0882. The van der Waals surface area contributed by atoms with Crippen LogP contribution in [-0.4, -0.2) is 29.9 Å². The van der Waals surface area contributed by atoms with E-state index in [9.17, 15) is 14.4 Å². The van der Waals surface area contributed by atoms with E-state index in [0.717, 1.165) is 25.7 Å². The Balaban J connectivity index is 1.81. The van der Waals surface area contributed by atoms with Gasteiger partial charge in [-0.3, -0.25) is 0 Å². The van der Waals surface area contributed by atoms with Crippen molar-refractivity contribution >= 4 is 37.7 Å². The van der Waals surface area contributed by atoms with Crippen molar-refractivity contribution in [2.24, 2.45) is 0 Å². The van der Waals surface area contributed by atoms with Gasteiger partial charge in [-0.2, -0.15) is 0 Å². The van der Waals surface area contributed by atoms with Crippen LogP contribution in [0.25, 0.3) is 0 Å². The van der Waals surface area contributed by atoms with Crippen molar-refractivity contribution in [2.45, 2.75) is 45.1 Å². The predicted octanol–water partition coefficient (Wildman–Crippen LogP) is 4.59. The number of rotatable bonds is 6. The molecule has 1 heterocycles. The summed E-state index contributed by atoms with van der Waals surface area (Å²) in [5, 5.41) is 3.17. The third kappa shape index (κ3) is 4.11. The molecule has 0 amide bonds. The number of nitrogens with one attached hydrogen (secondary N) is 1. The minimum atomic E-state index is -0.389. The molecule has 0 aliphatic heterocycles. The second kappa shape index (κ2) is 8.98. The first-order valence-electron chi connectivity index (χ1n) is 10.3. The fraction of sp³-hybridized carbons (Fsp3) is 0.292. The monoisotopic (exact) mass is 468 g/mol. The number of hydrogen-bond acceptors (Lipinski definition) is 4. The molecule has 5 nitrogen and oxygen atoms in total. The third-order valence-electron chi connectivity index (χ3n) is 5.55. The molecule has 1 saturated carbocycles. The van der Waals surface area contributed by atoms with E-state index in [0.29, 0.717) is 26.9 Å². The van der Waals surface area contributed by atoms with Crippen LogP contribution in [0.4, 0.5) is 11.4 Å². The molecule has 6 heteroatoms. The topological polar surface area (TPSA) is 68.2 Å². The summed E-state index contributed by atoms with van der Waals surface area (Å²) in [6.45, 7) is 1.50. The van der Waals surface area contributed by atoms with Gasteiger partial charge in [0.25, 0.3) is 0 Å². The van der Waals surface area contributed by atoms with E-state index in [1.807, 2.05) is 27.8 Å². The molecule has 0 atom stereocenters.